The number of nitrogen functional groups attached to an aromatic ring is 1. The fourth-order valence-electron chi connectivity index (χ4n) is 2.26. The average Bonchev–Trinajstić information content (AvgIpc) is 2.30. The van der Waals surface area contributed by atoms with E-state index >= 15 is 0 Å². The van der Waals surface area contributed by atoms with E-state index in [-0.39, 0.29) is 5.91 Å². The number of nitrogens with zero attached hydrogens (tertiary/aromatic N) is 1. The van der Waals surface area contributed by atoms with Crippen molar-refractivity contribution in [2.75, 3.05) is 30.7 Å². The third-order valence-corrected chi connectivity index (χ3v) is 3.54. The number of nitrogens with one attached hydrogen (secondary N) is 1. The lowest BCUT2D eigenvalue weighted by Gasteiger charge is -2.25. The Morgan fingerprint density at radius 2 is 1.81 bits per heavy atom. The van der Waals surface area contributed by atoms with Gasteiger partial charge in [-0.05, 0) is 46.0 Å². The van der Waals surface area contributed by atoms with Crippen molar-refractivity contribution in [1.82, 2.24) is 4.90 Å². The highest BCUT2D eigenvalue weighted by molar-refractivity contribution is 9.10. The van der Waals surface area contributed by atoms with Crippen LogP contribution in [0.5, 0.6) is 0 Å². The van der Waals surface area contributed by atoms with Crippen LogP contribution < -0.4 is 11.1 Å². The highest BCUT2D eigenvalue weighted by Crippen LogP contribution is 2.24. The van der Waals surface area contributed by atoms with Gasteiger partial charge in [-0.1, -0.05) is 27.7 Å². The van der Waals surface area contributed by atoms with Gasteiger partial charge in [-0.15, -0.1) is 0 Å². The maximum absolute atomic E-state index is 12.2. The van der Waals surface area contributed by atoms with Crippen molar-refractivity contribution < 1.29 is 4.79 Å². The second-order valence-electron chi connectivity index (χ2n) is 6.27. The first-order valence-electron chi connectivity index (χ1n) is 7.35. The van der Waals surface area contributed by atoms with Crippen LogP contribution in [0.3, 0.4) is 0 Å². The van der Waals surface area contributed by atoms with E-state index in [0.717, 1.165) is 23.2 Å². The van der Waals surface area contributed by atoms with E-state index in [9.17, 15) is 4.79 Å². The van der Waals surface area contributed by atoms with Crippen LogP contribution in [0, 0.1) is 11.8 Å². The molecule has 0 unspecified atom stereocenters. The monoisotopic (exact) mass is 355 g/mol. The van der Waals surface area contributed by atoms with Crippen LogP contribution in [0.15, 0.2) is 22.7 Å². The van der Waals surface area contributed by atoms with Gasteiger partial charge in [-0.3, -0.25) is 9.69 Å². The second kappa shape index (κ2) is 8.39. The van der Waals surface area contributed by atoms with Crippen LogP contribution in [0.2, 0.25) is 0 Å². The summed E-state index contributed by atoms with van der Waals surface area (Å²) >= 11 is 3.41. The normalized spacial score (nSPS) is 11.4. The van der Waals surface area contributed by atoms with Gasteiger partial charge in [-0.2, -0.15) is 0 Å². The first-order chi connectivity index (χ1) is 9.77. The van der Waals surface area contributed by atoms with Gasteiger partial charge in [-0.25, -0.2) is 0 Å². The van der Waals surface area contributed by atoms with Crippen LogP contribution in [0.25, 0.3) is 0 Å². The summed E-state index contributed by atoms with van der Waals surface area (Å²) in [6.07, 6.45) is 0. The maximum Gasteiger partial charge on any atom is 0.238 e. The topological polar surface area (TPSA) is 58.4 Å². The lowest BCUT2D eigenvalue weighted by Crippen LogP contribution is -2.38. The minimum absolute atomic E-state index is 0.00164. The molecule has 1 rings (SSSR count). The fourth-order valence-corrected chi connectivity index (χ4v) is 2.76. The molecule has 0 saturated heterocycles. The smallest absolute Gasteiger partial charge is 0.238 e. The molecule has 4 nitrogen and oxygen atoms in total. The molecule has 0 aliphatic carbocycles. The summed E-state index contributed by atoms with van der Waals surface area (Å²) in [5.41, 5.74) is 7.12. The highest BCUT2D eigenvalue weighted by Gasteiger charge is 2.14. The van der Waals surface area contributed by atoms with Gasteiger partial charge in [0.05, 0.1) is 12.2 Å². The van der Waals surface area contributed by atoms with Gasteiger partial charge in [0.15, 0.2) is 0 Å². The van der Waals surface area contributed by atoms with E-state index in [2.05, 4.69) is 53.8 Å². The van der Waals surface area contributed by atoms with Crippen LogP contribution in [-0.4, -0.2) is 30.4 Å². The number of carbonyl (C=O) groups is 1. The Hall–Kier alpha value is -1.07. The Morgan fingerprint density at radius 1 is 1.24 bits per heavy atom. The highest BCUT2D eigenvalue weighted by atomic mass is 79.9. The molecule has 0 aliphatic heterocycles. The van der Waals surface area contributed by atoms with Gasteiger partial charge < -0.3 is 11.1 Å². The molecule has 5 heteroatoms. The molecule has 0 heterocycles. The first kappa shape index (κ1) is 18.0. The van der Waals surface area contributed by atoms with E-state index in [4.69, 9.17) is 5.73 Å². The van der Waals surface area contributed by atoms with Crippen LogP contribution in [-0.2, 0) is 4.79 Å². The predicted molar refractivity (Wildman–Crippen MR) is 93.3 cm³/mol. The van der Waals surface area contributed by atoms with E-state index in [0.29, 0.717) is 24.1 Å². The molecule has 0 fully saturated rings. The third kappa shape index (κ3) is 6.96. The molecule has 0 atom stereocenters. The summed E-state index contributed by atoms with van der Waals surface area (Å²) in [5, 5.41) is 2.93. The Labute approximate surface area is 136 Å². The molecule has 21 heavy (non-hydrogen) atoms. The third-order valence-electron chi connectivity index (χ3n) is 2.88. The summed E-state index contributed by atoms with van der Waals surface area (Å²) in [7, 11) is 0. The van der Waals surface area contributed by atoms with E-state index < -0.39 is 0 Å². The van der Waals surface area contributed by atoms with Gasteiger partial charge in [0.1, 0.15) is 0 Å². The van der Waals surface area contributed by atoms with Crippen molar-refractivity contribution in [1.29, 1.82) is 0 Å². The molecule has 1 aromatic carbocycles. The molecule has 0 radical (unpaired) electrons. The van der Waals surface area contributed by atoms with Gasteiger partial charge in [0, 0.05) is 23.2 Å². The van der Waals surface area contributed by atoms with Crippen LogP contribution in [0.4, 0.5) is 11.4 Å². The van der Waals surface area contributed by atoms with E-state index in [1.54, 1.807) is 12.1 Å². The van der Waals surface area contributed by atoms with Gasteiger partial charge in [0.2, 0.25) is 5.91 Å². The molecular weight excluding hydrogens is 330 g/mol. The Kier molecular flexibility index (Phi) is 7.18. The van der Waals surface area contributed by atoms with Crippen LogP contribution in [0.1, 0.15) is 27.7 Å². The molecule has 0 aromatic heterocycles. The van der Waals surface area contributed by atoms with E-state index in [1.165, 1.54) is 0 Å². The summed E-state index contributed by atoms with van der Waals surface area (Å²) in [6.45, 7) is 10.9. The van der Waals surface area contributed by atoms with Crippen molar-refractivity contribution in [2.24, 2.45) is 11.8 Å². The zero-order valence-electron chi connectivity index (χ0n) is 13.3. The Bertz CT molecular complexity index is 465. The average molecular weight is 356 g/mol. The van der Waals surface area contributed by atoms with Crippen molar-refractivity contribution in [2.45, 2.75) is 27.7 Å². The van der Waals surface area contributed by atoms with E-state index in [1.807, 2.05) is 6.07 Å². The Morgan fingerprint density at radius 3 is 2.29 bits per heavy atom. The minimum Gasteiger partial charge on any atom is -0.399 e. The molecule has 0 aliphatic rings. The van der Waals surface area contributed by atoms with Crippen LogP contribution >= 0.6 is 15.9 Å². The number of amides is 1. The molecule has 0 saturated carbocycles. The largest absolute Gasteiger partial charge is 0.399 e. The predicted octanol–water partition coefficient (Wildman–Crippen LogP) is 3.58. The Balaban J connectivity index is 2.64. The quantitative estimate of drug-likeness (QED) is 0.734. The zero-order valence-corrected chi connectivity index (χ0v) is 14.9. The summed E-state index contributed by atoms with van der Waals surface area (Å²) in [4.78, 5) is 14.4. The number of hydrogen-bond donors (Lipinski definition) is 2. The number of carbonyl (C=O) groups excluding carboxylic acids is 1. The van der Waals surface area contributed by atoms with Crippen molar-refractivity contribution >= 4 is 33.2 Å². The molecule has 118 valence electrons. The van der Waals surface area contributed by atoms with Crippen molar-refractivity contribution in [3.8, 4) is 0 Å². The lowest BCUT2D eigenvalue weighted by atomic mass is 10.1. The molecule has 1 amide bonds. The zero-order chi connectivity index (χ0) is 16.0. The van der Waals surface area contributed by atoms with Crippen molar-refractivity contribution in [3.05, 3.63) is 22.7 Å². The SMILES string of the molecule is CC(C)CN(CC(=O)Nc1ccc(N)cc1Br)CC(C)C. The van der Waals surface area contributed by atoms with Gasteiger partial charge in [0.25, 0.3) is 0 Å². The number of hydrogen-bond acceptors (Lipinski definition) is 3. The lowest BCUT2D eigenvalue weighted by molar-refractivity contribution is -0.117. The summed E-state index contributed by atoms with van der Waals surface area (Å²) < 4.78 is 0.801. The minimum atomic E-state index is 0.00164. The van der Waals surface area contributed by atoms with Crippen molar-refractivity contribution in [3.63, 3.8) is 0 Å². The number of nitrogens with two attached hydrogens (primary N) is 1. The molecule has 0 bridgehead atoms. The maximum atomic E-state index is 12.2. The number of halogens is 1. The summed E-state index contributed by atoms with van der Waals surface area (Å²) in [5.74, 6) is 1.08. The molecule has 3 N–H and O–H groups in total. The molecule has 0 spiro atoms. The fraction of sp³-hybridized carbons (Fsp3) is 0.562. The molecule has 1 aromatic rings. The number of anilines is 2. The second-order valence-corrected chi connectivity index (χ2v) is 7.12. The number of rotatable bonds is 7. The first-order valence-corrected chi connectivity index (χ1v) is 8.14. The summed E-state index contributed by atoms with van der Waals surface area (Å²) in [6, 6.07) is 5.38. The van der Waals surface area contributed by atoms with Gasteiger partial charge >= 0.3 is 0 Å². The number of benzene rings is 1. The molecular formula is C16H26BrN3O. The standard InChI is InChI=1S/C16H26BrN3O/c1-11(2)8-20(9-12(3)4)10-16(21)19-15-6-5-13(18)7-14(15)17/h5-7,11-12H,8-10,18H2,1-4H3,(H,19,21).